The molecule has 1 N–H and O–H groups in total. The summed E-state index contributed by atoms with van der Waals surface area (Å²) in [6.45, 7) is 2.17. The van der Waals surface area contributed by atoms with Crippen molar-refractivity contribution < 1.29 is 4.74 Å². The Morgan fingerprint density at radius 1 is 1.42 bits per heavy atom. The molecule has 1 aromatic carbocycles. The van der Waals surface area contributed by atoms with Gasteiger partial charge in [-0.3, -0.25) is 0 Å². The Morgan fingerprint density at radius 2 is 2.26 bits per heavy atom. The highest BCUT2D eigenvalue weighted by atomic mass is 79.9. The Labute approximate surface area is 129 Å². The third-order valence-corrected chi connectivity index (χ3v) is 4.15. The molecule has 0 amide bonds. The van der Waals surface area contributed by atoms with E-state index in [4.69, 9.17) is 16.3 Å². The van der Waals surface area contributed by atoms with E-state index in [2.05, 4.69) is 31.4 Å². The van der Waals surface area contributed by atoms with Crippen LogP contribution in [0.5, 0.6) is 0 Å². The molecule has 0 aliphatic rings. The lowest BCUT2D eigenvalue weighted by molar-refractivity contribution is 0.199. The minimum atomic E-state index is 0.671. The smallest absolute Gasteiger partial charge is 0.149 e. The first kappa shape index (κ1) is 14.9. The molecule has 0 fully saturated rings. The average molecular weight is 363 g/mol. The molecule has 0 spiro atoms. The van der Waals surface area contributed by atoms with Gasteiger partial charge in [-0.2, -0.15) is 0 Å². The zero-order chi connectivity index (χ0) is 13.7. The summed E-state index contributed by atoms with van der Waals surface area (Å²) in [5.74, 6) is 0. The number of halogens is 2. The number of nitrogens with one attached hydrogen (secondary N) is 1. The number of ether oxygens (including phenoxy) is 1. The Balaban J connectivity index is 2.04. The summed E-state index contributed by atoms with van der Waals surface area (Å²) < 4.78 is 5.92. The first-order valence-electron chi connectivity index (χ1n) is 5.68. The van der Waals surface area contributed by atoms with E-state index in [-0.39, 0.29) is 0 Å². The lowest BCUT2D eigenvalue weighted by atomic mass is 10.2. The number of hydrogen-bond donors (Lipinski definition) is 1. The molecule has 0 saturated carbocycles. The highest BCUT2D eigenvalue weighted by molar-refractivity contribution is 9.10. The summed E-state index contributed by atoms with van der Waals surface area (Å²) in [4.78, 5) is 0. The summed E-state index contributed by atoms with van der Waals surface area (Å²) in [5.41, 5.74) is 0.908. The van der Waals surface area contributed by atoms with Crippen LogP contribution in [0, 0.1) is 0 Å². The molecule has 1 aromatic heterocycles. The van der Waals surface area contributed by atoms with Crippen molar-refractivity contribution in [3.8, 4) is 10.6 Å². The Kier molecular flexibility index (Phi) is 5.72. The number of rotatable bonds is 6. The maximum Gasteiger partial charge on any atom is 0.149 e. The highest BCUT2D eigenvalue weighted by Gasteiger charge is 2.10. The van der Waals surface area contributed by atoms with Crippen LogP contribution in [0.1, 0.15) is 5.01 Å². The van der Waals surface area contributed by atoms with Crippen molar-refractivity contribution in [3.05, 3.63) is 32.7 Å². The van der Waals surface area contributed by atoms with E-state index in [0.29, 0.717) is 18.2 Å². The monoisotopic (exact) mass is 361 g/mol. The quantitative estimate of drug-likeness (QED) is 0.801. The van der Waals surface area contributed by atoms with Crippen molar-refractivity contribution in [2.45, 2.75) is 6.54 Å². The molecule has 4 nitrogen and oxygen atoms in total. The molecule has 2 rings (SSSR count). The lowest BCUT2D eigenvalue weighted by Gasteiger charge is -2.00. The molecule has 0 atom stereocenters. The van der Waals surface area contributed by atoms with Crippen LogP contribution in [0.4, 0.5) is 0 Å². The number of benzene rings is 1. The molecule has 1 heterocycles. The van der Waals surface area contributed by atoms with E-state index >= 15 is 0 Å². The predicted octanol–water partition coefficient (Wildman–Crippen LogP) is 3.36. The van der Waals surface area contributed by atoms with E-state index in [0.717, 1.165) is 26.6 Å². The molecule has 102 valence electrons. The van der Waals surface area contributed by atoms with Crippen LogP contribution in [-0.2, 0) is 11.3 Å². The molecule has 7 heteroatoms. The molecule has 2 aromatic rings. The van der Waals surface area contributed by atoms with Crippen molar-refractivity contribution in [2.24, 2.45) is 0 Å². The average Bonchev–Trinajstić information content (AvgIpc) is 2.83. The van der Waals surface area contributed by atoms with Gasteiger partial charge in [-0.25, -0.2) is 0 Å². The van der Waals surface area contributed by atoms with Crippen LogP contribution in [0.25, 0.3) is 10.6 Å². The van der Waals surface area contributed by atoms with Crippen LogP contribution >= 0.6 is 38.9 Å². The first-order chi connectivity index (χ1) is 9.20. The van der Waals surface area contributed by atoms with Crippen molar-refractivity contribution >= 4 is 38.9 Å². The summed E-state index contributed by atoms with van der Waals surface area (Å²) >= 11 is 11.1. The SMILES string of the molecule is COCCNCc1nnc(-c2ccc(Br)cc2Cl)s1. The standard InChI is InChI=1S/C12H13BrClN3OS/c1-18-5-4-15-7-11-16-17-12(19-11)9-3-2-8(13)6-10(9)14/h2-3,6,15H,4-5,7H2,1H3. The van der Waals surface area contributed by atoms with E-state index in [9.17, 15) is 0 Å². The van der Waals surface area contributed by atoms with Gasteiger partial charge in [0.15, 0.2) is 0 Å². The maximum absolute atomic E-state index is 6.20. The fraction of sp³-hybridized carbons (Fsp3) is 0.333. The topological polar surface area (TPSA) is 47.0 Å². The fourth-order valence-corrected chi connectivity index (χ4v) is 3.13. The van der Waals surface area contributed by atoms with Gasteiger partial charge < -0.3 is 10.1 Å². The van der Waals surface area contributed by atoms with Crippen molar-refractivity contribution in [1.82, 2.24) is 15.5 Å². The lowest BCUT2D eigenvalue weighted by Crippen LogP contribution is -2.18. The largest absolute Gasteiger partial charge is 0.383 e. The Bertz CT molecular complexity index is 550. The number of nitrogens with zero attached hydrogens (tertiary/aromatic N) is 2. The van der Waals surface area contributed by atoms with E-state index < -0.39 is 0 Å². The molecule has 0 bridgehead atoms. The second-order valence-electron chi connectivity index (χ2n) is 3.79. The van der Waals surface area contributed by atoms with Crippen LogP contribution in [0.2, 0.25) is 5.02 Å². The first-order valence-corrected chi connectivity index (χ1v) is 7.67. The molecule has 0 aliphatic heterocycles. The predicted molar refractivity (Wildman–Crippen MR) is 81.6 cm³/mol. The van der Waals surface area contributed by atoms with E-state index in [1.54, 1.807) is 7.11 Å². The molecule has 0 saturated heterocycles. The van der Waals surface area contributed by atoms with Gasteiger partial charge in [0.1, 0.15) is 10.0 Å². The Morgan fingerprint density at radius 3 is 3.00 bits per heavy atom. The molecular weight excluding hydrogens is 350 g/mol. The summed E-state index contributed by atoms with van der Waals surface area (Å²) in [7, 11) is 1.68. The van der Waals surface area contributed by atoms with E-state index in [1.165, 1.54) is 11.3 Å². The van der Waals surface area contributed by atoms with Crippen molar-refractivity contribution in [2.75, 3.05) is 20.3 Å². The normalized spacial score (nSPS) is 10.9. The fourth-order valence-electron chi connectivity index (χ4n) is 1.47. The number of hydrogen-bond acceptors (Lipinski definition) is 5. The van der Waals surface area contributed by atoms with Crippen LogP contribution in [0.15, 0.2) is 22.7 Å². The van der Waals surface area contributed by atoms with Crippen LogP contribution in [-0.4, -0.2) is 30.5 Å². The number of methoxy groups -OCH3 is 1. The molecule has 0 radical (unpaired) electrons. The minimum Gasteiger partial charge on any atom is -0.383 e. The van der Waals surface area contributed by atoms with Gasteiger partial charge in [-0.15, -0.1) is 10.2 Å². The second-order valence-corrected chi connectivity index (χ2v) is 6.18. The van der Waals surface area contributed by atoms with Gasteiger partial charge in [-0.05, 0) is 18.2 Å². The number of aromatic nitrogens is 2. The summed E-state index contributed by atoms with van der Waals surface area (Å²) in [5, 5.41) is 14.0. The van der Waals surface area contributed by atoms with E-state index in [1.807, 2.05) is 18.2 Å². The van der Waals surface area contributed by atoms with Crippen molar-refractivity contribution in [1.29, 1.82) is 0 Å². The maximum atomic E-state index is 6.20. The summed E-state index contributed by atoms with van der Waals surface area (Å²) in [6, 6.07) is 5.74. The minimum absolute atomic E-state index is 0.671. The third kappa shape index (κ3) is 4.22. The zero-order valence-corrected chi connectivity index (χ0v) is 13.5. The van der Waals surface area contributed by atoms with Gasteiger partial charge in [0.2, 0.25) is 0 Å². The van der Waals surface area contributed by atoms with Crippen molar-refractivity contribution in [3.63, 3.8) is 0 Å². The van der Waals surface area contributed by atoms with Gasteiger partial charge in [0, 0.05) is 30.2 Å². The Hall–Kier alpha value is -0.530. The molecule has 19 heavy (non-hydrogen) atoms. The highest BCUT2D eigenvalue weighted by Crippen LogP contribution is 2.32. The van der Waals surface area contributed by atoms with Gasteiger partial charge in [0.25, 0.3) is 0 Å². The molecular formula is C12H13BrClN3OS. The zero-order valence-electron chi connectivity index (χ0n) is 10.3. The third-order valence-electron chi connectivity index (χ3n) is 2.39. The second kappa shape index (κ2) is 7.31. The van der Waals surface area contributed by atoms with Crippen LogP contribution < -0.4 is 5.32 Å². The van der Waals surface area contributed by atoms with Crippen LogP contribution in [0.3, 0.4) is 0 Å². The molecule has 0 aliphatic carbocycles. The van der Waals surface area contributed by atoms with Gasteiger partial charge >= 0.3 is 0 Å². The molecule has 0 unspecified atom stereocenters. The summed E-state index contributed by atoms with van der Waals surface area (Å²) in [6.07, 6.45) is 0. The van der Waals surface area contributed by atoms with Gasteiger partial charge in [0.05, 0.1) is 11.6 Å². The van der Waals surface area contributed by atoms with Gasteiger partial charge in [-0.1, -0.05) is 38.9 Å².